The van der Waals surface area contributed by atoms with Gasteiger partial charge in [0.15, 0.2) is 5.69 Å². The van der Waals surface area contributed by atoms with Gasteiger partial charge in [-0.3, -0.25) is 0 Å². The summed E-state index contributed by atoms with van der Waals surface area (Å²) in [6.45, 7) is 10.7. The fourth-order valence-electron chi connectivity index (χ4n) is 2.43. The molecule has 0 spiro atoms. The predicted molar refractivity (Wildman–Crippen MR) is 103 cm³/mol. The predicted octanol–water partition coefficient (Wildman–Crippen LogP) is 1.62. The van der Waals surface area contributed by atoms with Crippen molar-refractivity contribution < 1.29 is 46.4 Å². The van der Waals surface area contributed by atoms with E-state index in [1.165, 1.54) is 6.20 Å². The smallest absolute Gasteiger partial charge is 0.432 e. The molecule has 175 valence electrons. The summed E-state index contributed by atoms with van der Waals surface area (Å²) in [5.74, 6) is -0.405. The third kappa shape index (κ3) is 9.24. The van der Waals surface area contributed by atoms with Crippen LogP contribution < -0.4 is 10.6 Å². The van der Waals surface area contributed by atoms with Crippen LogP contribution in [0.3, 0.4) is 0 Å². The molecular formula is C16H29N7O6Tc-4. The second-order valence-electron chi connectivity index (χ2n) is 7.32. The van der Waals surface area contributed by atoms with Gasteiger partial charge in [0.2, 0.25) is 0 Å². The number of aromatic amines is 1. The summed E-state index contributed by atoms with van der Waals surface area (Å²) in [4.78, 5) is 16.3. The first-order valence-electron chi connectivity index (χ1n) is 8.66. The van der Waals surface area contributed by atoms with Crippen LogP contribution in [-0.2, 0) is 31.1 Å². The molecule has 14 heteroatoms. The standard InChI is InChI=1S/C16H29N7O4.2O.Tc/c1-11(21-24)15(2,3)18-8-6-7-9-19-16(4,5)13(22-25)12-10-17-14(20-12)23(26)27;;;/h10,18-19,24-25H,6-9H2,1-5H3,(H,17,20);;;/q;2*-2;/b21-11-,22-13-;;;/i;;;1+1. The Morgan fingerprint density at radius 1 is 1.13 bits per heavy atom. The first kappa shape index (κ1) is 32.7. The molecule has 5 N–H and O–H groups in total. The normalized spacial score (nSPS) is 12.4. The summed E-state index contributed by atoms with van der Waals surface area (Å²) in [6.07, 6.45) is 3.00. The van der Waals surface area contributed by atoms with E-state index in [1.54, 1.807) is 6.92 Å². The van der Waals surface area contributed by atoms with Crippen molar-refractivity contribution >= 4 is 17.4 Å². The van der Waals surface area contributed by atoms with Crippen LogP contribution in [0.2, 0.25) is 0 Å². The van der Waals surface area contributed by atoms with Crippen LogP contribution in [0.25, 0.3) is 0 Å². The number of hydrogen-bond acceptors (Lipinski definition) is 9. The molecule has 1 aromatic rings. The molecule has 0 bridgehead atoms. The van der Waals surface area contributed by atoms with Crippen molar-refractivity contribution in [3.05, 3.63) is 22.0 Å². The molecule has 0 atom stereocenters. The van der Waals surface area contributed by atoms with E-state index in [0.717, 1.165) is 19.4 Å². The number of hydrogen-bond donors (Lipinski definition) is 5. The number of imidazole rings is 1. The maximum atomic E-state index is 10.7. The van der Waals surface area contributed by atoms with E-state index in [-0.39, 0.29) is 48.0 Å². The van der Waals surface area contributed by atoms with Gasteiger partial charge in [0, 0.05) is 20.1 Å². The maximum Gasteiger partial charge on any atom is 0.432 e. The van der Waals surface area contributed by atoms with Gasteiger partial charge in [-0.2, -0.15) is 0 Å². The Hall–Kier alpha value is -1.96. The average molecular weight is 514 g/mol. The van der Waals surface area contributed by atoms with E-state index in [0.29, 0.717) is 12.3 Å². The molecule has 0 saturated heterocycles. The maximum absolute atomic E-state index is 10.7. The van der Waals surface area contributed by atoms with Gasteiger partial charge >= 0.3 is 5.95 Å². The summed E-state index contributed by atoms with van der Waals surface area (Å²) < 4.78 is 0. The van der Waals surface area contributed by atoms with Gasteiger partial charge in [0.1, 0.15) is 11.9 Å². The molecule has 1 aromatic heterocycles. The molecule has 1 radical (unpaired) electrons. The molecule has 0 saturated carbocycles. The number of H-pyrrole nitrogens is 1. The third-order valence-electron chi connectivity index (χ3n) is 4.47. The van der Waals surface area contributed by atoms with Crippen LogP contribution >= 0.6 is 0 Å². The Morgan fingerprint density at radius 2 is 1.63 bits per heavy atom. The van der Waals surface area contributed by atoms with Crippen molar-refractivity contribution in [2.75, 3.05) is 13.1 Å². The van der Waals surface area contributed by atoms with E-state index in [9.17, 15) is 15.3 Å². The third-order valence-corrected chi connectivity index (χ3v) is 4.47. The molecule has 0 fully saturated rings. The number of oxime groups is 2. The van der Waals surface area contributed by atoms with Crippen LogP contribution in [0, 0.1) is 10.1 Å². The second kappa shape index (κ2) is 14.1. The zero-order valence-electron chi connectivity index (χ0n) is 17.6. The Labute approximate surface area is 188 Å². The zero-order chi connectivity index (χ0) is 20.7. The molecule has 0 aliphatic rings. The van der Waals surface area contributed by atoms with E-state index in [1.807, 2.05) is 27.7 Å². The van der Waals surface area contributed by atoms with Crippen LogP contribution in [0.1, 0.15) is 53.2 Å². The Morgan fingerprint density at radius 3 is 2.03 bits per heavy atom. The SMILES string of the molecule is C/C(=N/O)C(C)(C)NCCCCNC(C)(C)/C(=N\O)c1cnc([N+](=O)[O-])[nH]1.[99Tc].[O-2].[O-2]. The quantitative estimate of drug-likeness (QED) is 0.0965. The van der Waals surface area contributed by atoms with Crippen molar-refractivity contribution in [1.82, 2.24) is 20.6 Å². The average Bonchev–Trinajstić information content (AvgIpc) is 3.07. The van der Waals surface area contributed by atoms with Gasteiger partial charge in [0.05, 0.1) is 16.8 Å². The minimum Gasteiger partial charge on any atom is -2.00 e. The van der Waals surface area contributed by atoms with Crippen LogP contribution in [0.4, 0.5) is 5.95 Å². The molecule has 0 aliphatic heterocycles. The van der Waals surface area contributed by atoms with Gasteiger partial charge in [-0.15, -0.1) is 0 Å². The van der Waals surface area contributed by atoms with Gasteiger partial charge in [-0.05, 0) is 65.5 Å². The summed E-state index contributed by atoms with van der Waals surface area (Å²) in [5.41, 5.74) is 0.0235. The Kier molecular flexibility index (Phi) is 15.4. The van der Waals surface area contributed by atoms with E-state index in [4.69, 9.17) is 5.21 Å². The van der Waals surface area contributed by atoms with Crippen LogP contribution in [-0.4, -0.2) is 60.9 Å². The molecule has 0 aromatic carbocycles. The first-order chi connectivity index (χ1) is 12.5. The van der Waals surface area contributed by atoms with Gasteiger partial charge in [-0.1, -0.05) is 15.3 Å². The number of nitrogens with one attached hydrogen (secondary N) is 3. The van der Waals surface area contributed by atoms with Crippen molar-refractivity contribution in [1.29, 1.82) is 0 Å². The molecule has 1 rings (SSSR count). The van der Waals surface area contributed by atoms with E-state index in [2.05, 4.69) is 30.9 Å². The Bertz CT molecular complexity index is 706. The van der Waals surface area contributed by atoms with Crippen LogP contribution in [0.15, 0.2) is 16.5 Å². The Balaban J connectivity index is -0.00000243. The number of rotatable bonds is 11. The van der Waals surface area contributed by atoms with Crippen molar-refractivity contribution in [2.24, 2.45) is 10.3 Å². The fourth-order valence-corrected chi connectivity index (χ4v) is 2.43. The number of aromatic nitrogens is 2. The summed E-state index contributed by atoms with van der Waals surface area (Å²) in [6, 6.07) is 0. The number of nitrogens with zero attached hydrogens (tertiary/aromatic N) is 4. The molecule has 30 heavy (non-hydrogen) atoms. The molecule has 1 heterocycles. The number of unbranched alkanes of at least 4 members (excludes halogenated alkanes) is 1. The van der Waals surface area contributed by atoms with Crippen molar-refractivity contribution in [2.45, 2.75) is 58.5 Å². The summed E-state index contributed by atoms with van der Waals surface area (Å²) in [7, 11) is 0. The molecular weight excluding hydrogens is 485 g/mol. The van der Waals surface area contributed by atoms with Gasteiger partial charge < -0.3 is 42.1 Å². The largest absolute Gasteiger partial charge is 2.00 e. The first-order valence-corrected chi connectivity index (χ1v) is 8.66. The summed E-state index contributed by atoms with van der Waals surface area (Å²) in [5, 5.41) is 42.1. The minimum atomic E-state index is -0.720. The monoisotopic (exact) mass is 514 g/mol. The topological polar surface area (TPSA) is 218 Å². The number of nitro groups is 1. The molecule has 0 unspecified atom stereocenters. The van der Waals surface area contributed by atoms with Crippen molar-refractivity contribution in [3.8, 4) is 0 Å². The van der Waals surface area contributed by atoms with Gasteiger partial charge in [0.25, 0.3) is 0 Å². The minimum absolute atomic E-state index is 0. The zero-order valence-corrected chi connectivity index (χ0v) is 19.5. The molecule has 13 nitrogen and oxygen atoms in total. The molecule has 0 aliphatic carbocycles. The van der Waals surface area contributed by atoms with E-state index < -0.39 is 16.4 Å². The summed E-state index contributed by atoms with van der Waals surface area (Å²) >= 11 is 0. The van der Waals surface area contributed by atoms with Crippen LogP contribution in [0.5, 0.6) is 0 Å². The fraction of sp³-hybridized carbons (Fsp3) is 0.688. The second-order valence-corrected chi connectivity index (χ2v) is 7.32. The van der Waals surface area contributed by atoms with E-state index >= 15 is 0 Å². The van der Waals surface area contributed by atoms with Gasteiger partial charge in [-0.25, -0.2) is 4.98 Å². The van der Waals surface area contributed by atoms with Crippen molar-refractivity contribution in [3.63, 3.8) is 0 Å². The molecule has 0 amide bonds.